The highest BCUT2D eigenvalue weighted by Gasteiger charge is 2.21. The zero-order valence-corrected chi connectivity index (χ0v) is 13.6. The van der Waals surface area contributed by atoms with E-state index >= 15 is 0 Å². The Balaban J connectivity index is 1.55. The van der Waals surface area contributed by atoms with Crippen molar-refractivity contribution in [2.75, 3.05) is 48.8 Å². The van der Waals surface area contributed by atoms with Gasteiger partial charge in [-0.3, -0.25) is 0 Å². The molecule has 0 spiro atoms. The number of nitrogen functional groups attached to an aromatic ring is 1. The summed E-state index contributed by atoms with van der Waals surface area (Å²) in [4.78, 5) is 8.89. The van der Waals surface area contributed by atoms with E-state index in [0.29, 0.717) is 5.95 Å². The first-order valence-corrected chi connectivity index (χ1v) is 8.00. The van der Waals surface area contributed by atoms with Gasteiger partial charge in [0.15, 0.2) is 5.65 Å². The summed E-state index contributed by atoms with van der Waals surface area (Å²) in [6.07, 6.45) is 0. The summed E-state index contributed by atoms with van der Waals surface area (Å²) in [6, 6.07) is 14.1. The van der Waals surface area contributed by atoms with Crippen molar-refractivity contribution in [3.8, 4) is 5.75 Å². The van der Waals surface area contributed by atoms with Gasteiger partial charge in [0.1, 0.15) is 11.6 Å². The molecule has 0 amide bonds. The third kappa shape index (κ3) is 2.47. The molecule has 24 heavy (non-hydrogen) atoms. The molecule has 2 N–H and O–H groups in total. The van der Waals surface area contributed by atoms with Gasteiger partial charge in [0.25, 0.3) is 0 Å². The van der Waals surface area contributed by atoms with Crippen LogP contribution in [0.4, 0.5) is 17.5 Å². The van der Waals surface area contributed by atoms with Crippen LogP contribution in [0.25, 0.3) is 5.65 Å². The summed E-state index contributed by atoms with van der Waals surface area (Å²) in [7, 11) is 1.71. The second kappa shape index (κ2) is 5.92. The van der Waals surface area contributed by atoms with Crippen molar-refractivity contribution in [1.29, 1.82) is 0 Å². The van der Waals surface area contributed by atoms with Crippen LogP contribution < -0.4 is 20.3 Å². The van der Waals surface area contributed by atoms with Gasteiger partial charge in [-0.25, -0.2) is 0 Å². The lowest BCUT2D eigenvalue weighted by Crippen LogP contribution is -2.47. The van der Waals surface area contributed by atoms with Crippen molar-refractivity contribution in [2.45, 2.75) is 0 Å². The summed E-state index contributed by atoms with van der Waals surface area (Å²) < 4.78 is 7.29. The molecule has 1 aliphatic heterocycles. The van der Waals surface area contributed by atoms with Crippen LogP contribution in [-0.4, -0.2) is 47.9 Å². The number of ether oxygens (including phenoxy) is 1. The predicted molar refractivity (Wildman–Crippen MR) is 94.8 cm³/mol. The lowest BCUT2D eigenvalue weighted by molar-refractivity contribution is 0.413. The Labute approximate surface area is 140 Å². The van der Waals surface area contributed by atoms with Crippen molar-refractivity contribution in [1.82, 2.24) is 14.6 Å². The van der Waals surface area contributed by atoms with Crippen LogP contribution in [0.3, 0.4) is 0 Å². The number of hydrogen-bond donors (Lipinski definition) is 1. The molecule has 3 heterocycles. The number of methoxy groups -OCH3 is 1. The van der Waals surface area contributed by atoms with E-state index in [2.05, 4.69) is 32.0 Å². The molecule has 1 aliphatic rings. The fourth-order valence-electron chi connectivity index (χ4n) is 3.21. The number of pyridine rings is 1. The van der Waals surface area contributed by atoms with Crippen molar-refractivity contribution >= 4 is 23.1 Å². The minimum atomic E-state index is 0.301. The molecule has 3 aromatic rings. The van der Waals surface area contributed by atoms with E-state index in [9.17, 15) is 0 Å². The first kappa shape index (κ1) is 14.6. The van der Waals surface area contributed by atoms with Crippen molar-refractivity contribution in [3.05, 3.63) is 42.5 Å². The van der Waals surface area contributed by atoms with Gasteiger partial charge in [-0.1, -0.05) is 18.2 Å². The smallest absolute Gasteiger partial charge is 0.240 e. The molecule has 2 aromatic heterocycles. The van der Waals surface area contributed by atoms with Gasteiger partial charge in [-0.05, 0) is 24.3 Å². The molecule has 1 aromatic carbocycles. The maximum atomic E-state index is 5.74. The van der Waals surface area contributed by atoms with Crippen molar-refractivity contribution < 1.29 is 4.74 Å². The number of hydrogen-bond acceptors (Lipinski definition) is 6. The number of nitrogens with two attached hydrogens (primary N) is 1. The number of aromatic nitrogens is 3. The van der Waals surface area contributed by atoms with E-state index in [1.807, 2.05) is 34.8 Å². The Morgan fingerprint density at radius 1 is 0.958 bits per heavy atom. The molecule has 0 aliphatic carbocycles. The highest BCUT2D eigenvalue weighted by Crippen LogP contribution is 2.29. The van der Waals surface area contributed by atoms with Gasteiger partial charge >= 0.3 is 0 Å². The molecule has 1 fully saturated rings. The normalized spacial score (nSPS) is 15.0. The molecule has 0 bridgehead atoms. The molecule has 7 heteroatoms. The van der Waals surface area contributed by atoms with Gasteiger partial charge in [0.2, 0.25) is 5.95 Å². The lowest BCUT2D eigenvalue weighted by atomic mass is 10.2. The van der Waals surface area contributed by atoms with E-state index in [-0.39, 0.29) is 0 Å². The quantitative estimate of drug-likeness (QED) is 0.790. The summed E-state index contributed by atoms with van der Waals surface area (Å²) >= 11 is 0. The Bertz CT molecular complexity index is 853. The number of nitrogens with zero attached hydrogens (tertiary/aromatic N) is 5. The van der Waals surface area contributed by atoms with Crippen LogP contribution in [-0.2, 0) is 0 Å². The first-order chi connectivity index (χ1) is 11.8. The van der Waals surface area contributed by atoms with Crippen LogP contribution in [0.2, 0.25) is 0 Å². The maximum Gasteiger partial charge on any atom is 0.240 e. The zero-order chi connectivity index (χ0) is 16.5. The molecule has 7 nitrogen and oxygen atoms in total. The molecule has 0 atom stereocenters. The second-order valence-corrected chi connectivity index (χ2v) is 5.77. The maximum absolute atomic E-state index is 5.74. The number of anilines is 3. The van der Waals surface area contributed by atoms with Crippen LogP contribution in [0, 0.1) is 0 Å². The third-order valence-electron chi connectivity index (χ3n) is 4.39. The van der Waals surface area contributed by atoms with E-state index in [1.165, 1.54) is 0 Å². The molecule has 0 radical (unpaired) electrons. The van der Waals surface area contributed by atoms with Gasteiger partial charge in [0.05, 0.1) is 12.8 Å². The molecule has 0 saturated carbocycles. The lowest BCUT2D eigenvalue weighted by Gasteiger charge is -2.37. The minimum absolute atomic E-state index is 0.301. The minimum Gasteiger partial charge on any atom is -0.495 e. The topological polar surface area (TPSA) is 71.9 Å². The van der Waals surface area contributed by atoms with E-state index < -0.39 is 0 Å². The summed E-state index contributed by atoms with van der Waals surface area (Å²) in [5.41, 5.74) is 7.65. The Kier molecular flexibility index (Phi) is 3.60. The fourth-order valence-corrected chi connectivity index (χ4v) is 3.21. The fraction of sp³-hybridized carbons (Fsp3) is 0.294. The largest absolute Gasteiger partial charge is 0.495 e. The molecule has 1 saturated heterocycles. The summed E-state index contributed by atoms with van der Waals surface area (Å²) in [5.74, 6) is 2.24. The third-order valence-corrected chi connectivity index (χ3v) is 4.39. The number of benzene rings is 1. The Hall–Kier alpha value is -2.96. The average molecular weight is 324 g/mol. The summed E-state index contributed by atoms with van der Waals surface area (Å²) in [6.45, 7) is 3.63. The van der Waals surface area contributed by atoms with Gasteiger partial charge in [-0.15, -0.1) is 5.10 Å². The first-order valence-electron chi connectivity index (χ1n) is 8.00. The molecule has 124 valence electrons. The van der Waals surface area contributed by atoms with E-state index in [0.717, 1.165) is 49.1 Å². The Morgan fingerprint density at radius 3 is 2.50 bits per heavy atom. The van der Waals surface area contributed by atoms with Gasteiger partial charge in [-0.2, -0.15) is 9.50 Å². The SMILES string of the molecule is COc1ccccc1N1CCN(c2cccc3nc(N)nn23)CC1. The Morgan fingerprint density at radius 2 is 1.71 bits per heavy atom. The monoisotopic (exact) mass is 324 g/mol. The molecular weight excluding hydrogens is 304 g/mol. The van der Waals surface area contributed by atoms with Crippen LogP contribution in [0.1, 0.15) is 0 Å². The number of rotatable bonds is 3. The zero-order valence-electron chi connectivity index (χ0n) is 13.6. The average Bonchev–Trinajstić information content (AvgIpc) is 3.02. The standard InChI is InChI=1S/C17H20N6O/c1-24-14-6-3-2-5-13(14)21-9-11-22(12-10-21)16-8-4-7-15-19-17(18)20-23(15)16/h2-8H,9-12H2,1H3,(H2,18,20). The van der Waals surface area contributed by atoms with Crippen LogP contribution in [0.15, 0.2) is 42.5 Å². The van der Waals surface area contributed by atoms with E-state index in [1.54, 1.807) is 7.11 Å². The van der Waals surface area contributed by atoms with Crippen molar-refractivity contribution in [3.63, 3.8) is 0 Å². The van der Waals surface area contributed by atoms with E-state index in [4.69, 9.17) is 10.5 Å². The highest BCUT2D eigenvalue weighted by molar-refractivity contribution is 5.60. The molecular formula is C17H20N6O. The van der Waals surface area contributed by atoms with Gasteiger partial charge < -0.3 is 20.3 Å². The highest BCUT2D eigenvalue weighted by atomic mass is 16.5. The molecule has 4 rings (SSSR count). The predicted octanol–water partition coefficient (Wildman–Crippen LogP) is 1.65. The second-order valence-electron chi connectivity index (χ2n) is 5.77. The number of piperazine rings is 1. The van der Waals surface area contributed by atoms with Crippen molar-refractivity contribution in [2.24, 2.45) is 0 Å². The summed E-state index contributed by atoms with van der Waals surface area (Å²) in [5, 5.41) is 4.30. The van der Waals surface area contributed by atoms with Gasteiger partial charge in [0, 0.05) is 26.2 Å². The van der Waals surface area contributed by atoms with Crippen LogP contribution >= 0.6 is 0 Å². The molecule has 0 unspecified atom stereocenters. The van der Waals surface area contributed by atoms with Crippen LogP contribution in [0.5, 0.6) is 5.75 Å². The number of para-hydroxylation sites is 2. The number of fused-ring (bicyclic) bond motifs is 1.